The Morgan fingerprint density at radius 3 is 2.65 bits per heavy atom. The van der Waals surface area contributed by atoms with Gasteiger partial charge in [0, 0.05) is 38.9 Å². The molecule has 0 radical (unpaired) electrons. The van der Waals surface area contributed by atoms with Crippen LogP contribution in [0.1, 0.15) is 9.75 Å². The quantitative estimate of drug-likeness (QED) is 0.912. The molecule has 0 spiro atoms. The fourth-order valence-corrected chi connectivity index (χ4v) is 3.71. The Morgan fingerprint density at radius 2 is 2.12 bits per heavy atom. The molecule has 3 nitrogen and oxygen atoms in total. The van der Waals surface area contributed by atoms with Gasteiger partial charge < -0.3 is 5.73 Å². The lowest BCUT2D eigenvalue weighted by atomic mass is 10.4. The first-order valence-corrected chi connectivity index (χ1v) is 7.24. The molecule has 2 aromatic heterocycles. The predicted octanol–water partition coefficient (Wildman–Crippen LogP) is 3.60. The number of anilines is 1. The molecule has 0 aliphatic rings. The van der Waals surface area contributed by atoms with E-state index in [1.807, 2.05) is 6.20 Å². The number of halogens is 2. The topological polar surface area (TPSA) is 42.2 Å². The number of nitrogens with zero attached hydrogens (tertiary/aromatic N) is 2. The Kier molecular flexibility index (Phi) is 5.88. The van der Waals surface area contributed by atoms with Crippen molar-refractivity contribution in [1.29, 1.82) is 0 Å². The van der Waals surface area contributed by atoms with E-state index < -0.39 is 0 Å². The number of rotatable bonds is 4. The maximum Gasteiger partial charge on any atom is 0.180 e. The van der Waals surface area contributed by atoms with Crippen LogP contribution in [0.4, 0.5) is 5.13 Å². The summed E-state index contributed by atoms with van der Waals surface area (Å²) >= 11 is 6.78. The Hall–Kier alpha value is -0.140. The van der Waals surface area contributed by atoms with Crippen molar-refractivity contribution in [3.63, 3.8) is 0 Å². The highest BCUT2D eigenvalue weighted by molar-refractivity contribution is 9.10. The number of nitrogen functional groups attached to an aromatic ring is 1. The zero-order chi connectivity index (χ0) is 11.5. The van der Waals surface area contributed by atoms with Gasteiger partial charge in [0.25, 0.3) is 0 Å². The summed E-state index contributed by atoms with van der Waals surface area (Å²) < 4.78 is 1.16. The van der Waals surface area contributed by atoms with Gasteiger partial charge in [-0.05, 0) is 29.0 Å². The van der Waals surface area contributed by atoms with E-state index in [2.05, 4.69) is 44.3 Å². The number of hydrogen-bond donors (Lipinski definition) is 1. The van der Waals surface area contributed by atoms with E-state index in [0.29, 0.717) is 5.13 Å². The molecule has 0 saturated carbocycles. The van der Waals surface area contributed by atoms with Crippen molar-refractivity contribution in [2.24, 2.45) is 0 Å². The molecule has 0 aromatic carbocycles. The number of thiophene rings is 1. The maximum atomic E-state index is 5.59. The molecule has 0 aliphatic heterocycles. The van der Waals surface area contributed by atoms with E-state index in [9.17, 15) is 0 Å². The molecule has 0 fully saturated rings. The van der Waals surface area contributed by atoms with Crippen LogP contribution in [0, 0.1) is 0 Å². The van der Waals surface area contributed by atoms with Crippen LogP contribution < -0.4 is 5.73 Å². The molecule has 2 rings (SSSR count). The molecule has 0 saturated heterocycles. The Labute approximate surface area is 123 Å². The lowest BCUT2D eigenvalue weighted by Crippen LogP contribution is -2.15. The molecule has 2 heterocycles. The van der Waals surface area contributed by atoms with Crippen molar-refractivity contribution < 1.29 is 0 Å². The summed E-state index contributed by atoms with van der Waals surface area (Å²) in [5.74, 6) is 0. The van der Waals surface area contributed by atoms with Crippen molar-refractivity contribution in [3.05, 3.63) is 31.9 Å². The average Bonchev–Trinajstić information content (AvgIpc) is 2.76. The van der Waals surface area contributed by atoms with Crippen molar-refractivity contribution in [2.75, 3.05) is 12.8 Å². The van der Waals surface area contributed by atoms with E-state index in [4.69, 9.17) is 5.73 Å². The van der Waals surface area contributed by atoms with E-state index in [-0.39, 0.29) is 12.4 Å². The van der Waals surface area contributed by atoms with Crippen LogP contribution in [0.3, 0.4) is 0 Å². The minimum Gasteiger partial charge on any atom is -0.375 e. The molecule has 0 atom stereocenters. The molecule has 0 unspecified atom stereocenters. The minimum absolute atomic E-state index is 0. The Balaban J connectivity index is 0.00000144. The first kappa shape index (κ1) is 14.9. The van der Waals surface area contributed by atoms with Gasteiger partial charge in [-0.3, -0.25) is 4.90 Å². The van der Waals surface area contributed by atoms with Crippen LogP contribution in [-0.4, -0.2) is 16.9 Å². The summed E-state index contributed by atoms with van der Waals surface area (Å²) in [5.41, 5.74) is 5.59. The van der Waals surface area contributed by atoms with E-state index in [1.165, 1.54) is 9.75 Å². The standard InChI is InChI=1S/C10H12BrN3S2.ClH/c1-14(4-8-2-7(11)6-15-8)5-9-3-13-10(12)16-9;/h2-3,6H,4-5H2,1H3,(H2,12,13);1H. The summed E-state index contributed by atoms with van der Waals surface area (Å²) in [6, 6.07) is 2.15. The molecule has 94 valence electrons. The molecule has 7 heteroatoms. The predicted molar refractivity (Wildman–Crippen MR) is 81.0 cm³/mol. The monoisotopic (exact) mass is 353 g/mol. The van der Waals surface area contributed by atoms with Gasteiger partial charge in [-0.2, -0.15) is 0 Å². The van der Waals surface area contributed by atoms with Crippen molar-refractivity contribution >= 4 is 56.1 Å². The highest BCUT2D eigenvalue weighted by Crippen LogP contribution is 2.22. The van der Waals surface area contributed by atoms with Crippen LogP contribution in [0.15, 0.2) is 22.1 Å². The largest absolute Gasteiger partial charge is 0.375 e. The molecule has 2 aromatic rings. The normalized spacial score (nSPS) is 10.5. The van der Waals surface area contributed by atoms with Crippen molar-refractivity contribution in [2.45, 2.75) is 13.1 Å². The summed E-state index contributed by atoms with van der Waals surface area (Å²) in [6.07, 6.45) is 1.85. The zero-order valence-corrected chi connectivity index (χ0v) is 13.3. The SMILES string of the molecule is CN(Cc1cc(Br)cs1)Cc1cnc(N)s1.Cl. The zero-order valence-electron chi connectivity index (χ0n) is 9.22. The number of thiazole rings is 1. The smallest absolute Gasteiger partial charge is 0.180 e. The van der Waals surface area contributed by atoms with Gasteiger partial charge in [-0.1, -0.05) is 0 Å². The second-order valence-electron chi connectivity index (χ2n) is 3.57. The third-order valence-electron chi connectivity index (χ3n) is 2.04. The van der Waals surface area contributed by atoms with Gasteiger partial charge >= 0.3 is 0 Å². The van der Waals surface area contributed by atoms with E-state index in [0.717, 1.165) is 17.6 Å². The number of hydrogen-bond acceptors (Lipinski definition) is 5. The van der Waals surface area contributed by atoms with Crippen LogP contribution in [-0.2, 0) is 13.1 Å². The summed E-state index contributed by atoms with van der Waals surface area (Å²) in [7, 11) is 2.10. The fraction of sp³-hybridized carbons (Fsp3) is 0.300. The van der Waals surface area contributed by atoms with Crippen molar-refractivity contribution in [3.8, 4) is 0 Å². The van der Waals surface area contributed by atoms with Gasteiger partial charge in [0.15, 0.2) is 5.13 Å². The fourth-order valence-electron chi connectivity index (χ4n) is 1.42. The molecule has 0 aliphatic carbocycles. The molecule has 0 amide bonds. The second kappa shape index (κ2) is 6.70. The minimum atomic E-state index is 0. The second-order valence-corrected chi connectivity index (χ2v) is 6.63. The molecule has 17 heavy (non-hydrogen) atoms. The average molecular weight is 355 g/mol. The third-order valence-corrected chi connectivity index (χ3v) is 4.54. The molecular weight excluding hydrogens is 342 g/mol. The first-order valence-electron chi connectivity index (χ1n) is 4.75. The van der Waals surface area contributed by atoms with Gasteiger partial charge in [-0.15, -0.1) is 35.1 Å². The summed E-state index contributed by atoms with van der Waals surface area (Å²) in [5, 5.41) is 2.75. The number of nitrogens with two attached hydrogens (primary N) is 1. The van der Waals surface area contributed by atoms with Crippen LogP contribution in [0.25, 0.3) is 0 Å². The van der Waals surface area contributed by atoms with Gasteiger partial charge in [0.05, 0.1) is 0 Å². The Morgan fingerprint density at radius 1 is 1.41 bits per heavy atom. The van der Waals surface area contributed by atoms with E-state index >= 15 is 0 Å². The lowest BCUT2D eigenvalue weighted by Gasteiger charge is -2.13. The third kappa shape index (κ3) is 4.56. The van der Waals surface area contributed by atoms with Gasteiger partial charge in [0.2, 0.25) is 0 Å². The first-order chi connectivity index (χ1) is 7.63. The lowest BCUT2D eigenvalue weighted by molar-refractivity contribution is 0.324. The maximum absolute atomic E-state index is 5.59. The Bertz CT molecular complexity index is 429. The molecule has 0 bridgehead atoms. The van der Waals surface area contributed by atoms with Crippen LogP contribution >= 0.6 is 51.0 Å². The summed E-state index contributed by atoms with van der Waals surface area (Å²) in [4.78, 5) is 8.86. The summed E-state index contributed by atoms with van der Waals surface area (Å²) in [6.45, 7) is 1.85. The van der Waals surface area contributed by atoms with Crippen molar-refractivity contribution in [1.82, 2.24) is 9.88 Å². The van der Waals surface area contributed by atoms with E-state index in [1.54, 1.807) is 22.7 Å². The highest BCUT2D eigenvalue weighted by atomic mass is 79.9. The molecular formula is C10H13BrClN3S2. The van der Waals surface area contributed by atoms with Gasteiger partial charge in [0.1, 0.15) is 0 Å². The highest BCUT2D eigenvalue weighted by Gasteiger charge is 2.06. The molecule has 2 N–H and O–H groups in total. The van der Waals surface area contributed by atoms with Crippen LogP contribution in [0.5, 0.6) is 0 Å². The number of aromatic nitrogens is 1. The van der Waals surface area contributed by atoms with Crippen LogP contribution in [0.2, 0.25) is 0 Å². The van der Waals surface area contributed by atoms with Gasteiger partial charge in [-0.25, -0.2) is 4.98 Å².